The summed E-state index contributed by atoms with van der Waals surface area (Å²) < 4.78 is 8.97. The fourth-order valence-corrected chi connectivity index (χ4v) is 3.83. The van der Waals surface area contributed by atoms with E-state index in [-0.39, 0.29) is 12.6 Å². The molecule has 0 unspecified atom stereocenters. The van der Waals surface area contributed by atoms with E-state index in [4.69, 9.17) is 16.3 Å². The molecule has 5 aromatic rings. The van der Waals surface area contributed by atoms with Gasteiger partial charge in [0.05, 0.1) is 23.5 Å². The standard InChI is InChI=1S/C25H20ClN5O2/c26-22-10-3-4-11-24(22)33-17-31-23(12-13-27-31)25(32)29-20-14-28-30(16-20)15-19-8-5-7-18-6-1-2-9-21(18)19/h1-14,16H,15,17H2,(H,29,32). The van der Waals surface area contributed by atoms with Crippen molar-refractivity contribution in [3.8, 4) is 5.75 Å². The smallest absolute Gasteiger partial charge is 0.274 e. The van der Waals surface area contributed by atoms with Gasteiger partial charge in [-0.2, -0.15) is 10.2 Å². The molecule has 2 heterocycles. The lowest BCUT2D eigenvalue weighted by Gasteiger charge is -2.10. The highest BCUT2D eigenvalue weighted by Gasteiger charge is 2.14. The van der Waals surface area contributed by atoms with E-state index in [1.807, 2.05) is 30.3 Å². The molecule has 0 atom stereocenters. The van der Waals surface area contributed by atoms with Crippen LogP contribution in [0.15, 0.2) is 91.4 Å². The summed E-state index contributed by atoms with van der Waals surface area (Å²) in [4.78, 5) is 12.8. The zero-order valence-electron chi connectivity index (χ0n) is 17.6. The van der Waals surface area contributed by atoms with Crippen LogP contribution in [0.5, 0.6) is 5.75 Å². The van der Waals surface area contributed by atoms with Gasteiger partial charge in [0.25, 0.3) is 5.91 Å². The molecule has 0 spiro atoms. The second-order valence-corrected chi connectivity index (χ2v) is 7.85. The van der Waals surface area contributed by atoms with Crippen molar-refractivity contribution in [1.82, 2.24) is 19.6 Å². The fourth-order valence-electron chi connectivity index (χ4n) is 3.64. The molecule has 8 heteroatoms. The molecule has 33 heavy (non-hydrogen) atoms. The number of para-hydroxylation sites is 1. The SMILES string of the molecule is O=C(Nc1cnn(Cc2cccc3ccccc23)c1)c1ccnn1COc1ccccc1Cl. The van der Waals surface area contributed by atoms with Crippen LogP contribution < -0.4 is 10.1 Å². The van der Waals surface area contributed by atoms with Crippen molar-refractivity contribution in [2.75, 3.05) is 5.32 Å². The molecule has 0 aliphatic heterocycles. The Balaban J connectivity index is 1.26. The van der Waals surface area contributed by atoms with Crippen LogP contribution in [0.3, 0.4) is 0 Å². The van der Waals surface area contributed by atoms with E-state index in [0.717, 1.165) is 5.56 Å². The largest absolute Gasteiger partial charge is 0.470 e. The highest BCUT2D eigenvalue weighted by atomic mass is 35.5. The van der Waals surface area contributed by atoms with Gasteiger partial charge in [-0.15, -0.1) is 0 Å². The first-order chi connectivity index (χ1) is 16.2. The molecule has 164 valence electrons. The van der Waals surface area contributed by atoms with E-state index in [2.05, 4.69) is 39.8 Å². The summed E-state index contributed by atoms with van der Waals surface area (Å²) in [7, 11) is 0. The van der Waals surface area contributed by atoms with Crippen LogP contribution in [0.2, 0.25) is 5.02 Å². The summed E-state index contributed by atoms with van der Waals surface area (Å²) in [6.07, 6.45) is 4.99. The van der Waals surface area contributed by atoms with Gasteiger partial charge in [0.15, 0.2) is 6.73 Å². The summed E-state index contributed by atoms with van der Waals surface area (Å²) in [5.74, 6) is 0.218. The average Bonchev–Trinajstić information content (AvgIpc) is 3.48. The molecular weight excluding hydrogens is 438 g/mol. The van der Waals surface area contributed by atoms with Crippen molar-refractivity contribution in [3.63, 3.8) is 0 Å². The maximum atomic E-state index is 12.8. The Kier molecular flexibility index (Phi) is 5.78. The lowest BCUT2D eigenvalue weighted by molar-refractivity contribution is 0.100. The number of carbonyl (C=O) groups excluding carboxylic acids is 1. The molecule has 0 bridgehead atoms. The third-order valence-corrected chi connectivity index (χ3v) is 5.54. The summed E-state index contributed by atoms with van der Waals surface area (Å²) in [5, 5.41) is 14.3. The molecule has 7 nitrogen and oxygen atoms in total. The van der Waals surface area contributed by atoms with E-state index < -0.39 is 0 Å². The number of nitrogens with one attached hydrogen (secondary N) is 1. The Hall–Kier alpha value is -4.10. The molecule has 1 N–H and O–H groups in total. The van der Waals surface area contributed by atoms with Gasteiger partial charge >= 0.3 is 0 Å². The Bertz CT molecular complexity index is 1420. The van der Waals surface area contributed by atoms with Gasteiger partial charge in [-0.3, -0.25) is 9.48 Å². The van der Waals surface area contributed by atoms with Crippen LogP contribution in [-0.2, 0) is 13.3 Å². The van der Waals surface area contributed by atoms with Gasteiger partial charge in [0.2, 0.25) is 0 Å². The van der Waals surface area contributed by atoms with Gasteiger partial charge < -0.3 is 10.1 Å². The number of aromatic nitrogens is 4. The molecule has 3 aromatic carbocycles. The van der Waals surface area contributed by atoms with Crippen LogP contribution in [0.4, 0.5) is 5.69 Å². The van der Waals surface area contributed by atoms with Gasteiger partial charge in [0.1, 0.15) is 11.4 Å². The minimum absolute atomic E-state index is 0.0554. The predicted octanol–water partition coefficient (Wildman–Crippen LogP) is 5.22. The molecule has 0 aliphatic carbocycles. The first-order valence-electron chi connectivity index (χ1n) is 10.4. The maximum absolute atomic E-state index is 12.8. The summed E-state index contributed by atoms with van der Waals surface area (Å²) >= 11 is 6.12. The lowest BCUT2D eigenvalue weighted by atomic mass is 10.0. The Morgan fingerprint density at radius 2 is 1.79 bits per heavy atom. The van der Waals surface area contributed by atoms with Crippen LogP contribution in [0, 0.1) is 0 Å². The molecule has 0 fully saturated rings. The summed E-state index contributed by atoms with van der Waals surface area (Å²) in [6.45, 7) is 0.653. The van der Waals surface area contributed by atoms with Crippen molar-refractivity contribution >= 4 is 34.0 Å². The van der Waals surface area contributed by atoms with E-state index in [9.17, 15) is 4.79 Å². The predicted molar refractivity (Wildman–Crippen MR) is 128 cm³/mol. The quantitative estimate of drug-likeness (QED) is 0.363. The van der Waals surface area contributed by atoms with Gasteiger partial charge in [0, 0.05) is 12.4 Å². The zero-order chi connectivity index (χ0) is 22.6. The minimum atomic E-state index is -0.306. The molecule has 0 saturated carbocycles. The van der Waals surface area contributed by atoms with Crippen molar-refractivity contribution in [1.29, 1.82) is 0 Å². The molecule has 0 saturated heterocycles. The second-order valence-electron chi connectivity index (χ2n) is 7.44. The molecule has 0 aliphatic rings. The molecule has 2 aromatic heterocycles. The molecule has 5 rings (SSSR count). The number of carbonyl (C=O) groups is 1. The first kappa shape index (κ1) is 20.8. The van der Waals surface area contributed by atoms with Gasteiger partial charge in [-0.1, -0.05) is 66.2 Å². The van der Waals surface area contributed by atoms with Crippen molar-refractivity contribution in [3.05, 3.63) is 108 Å². The van der Waals surface area contributed by atoms with Crippen molar-refractivity contribution in [2.45, 2.75) is 13.3 Å². The Morgan fingerprint density at radius 1 is 0.970 bits per heavy atom. The summed E-state index contributed by atoms with van der Waals surface area (Å²) in [5.41, 5.74) is 2.12. The van der Waals surface area contributed by atoms with E-state index in [1.54, 1.807) is 41.5 Å². The molecular formula is C25H20ClN5O2. The molecule has 1 amide bonds. The highest BCUT2D eigenvalue weighted by Crippen LogP contribution is 2.23. The number of amides is 1. The minimum Gasteiger partial charge on any atom is -0.470 e. The van der Waals surface area contributed by atoms with Crippen LogP contribution in [0.25, 0.3) is 10.8 Å². The number of rotatable bonds is 7. The van der Waals surface area contributed by atoms with Gasteiger partial charge in [-0.25, -0.2) is 4.68 Å². The highest BCUT2D eigenvalue weighted by molar-refractivity contribution is 6.32. The van der Waals surface area contributed by atoms with E-state index in [1.165, 1.54) is 15.5 Å². The summed E-state index contributed by atoms with van der Waals surface area (Å²) in [6, 6.07) is 23.2. The van der Waals surface area contributed by atoms with Crippen molar-refractivity contribution < 1.29 is 9.53 Å². The number of nitrogens with zero attached hydrogens (tertiary/aromatic N) is 4. The lowest BCUT2D eigenvalue weighted by Crippen LogP contribution is -2.19. The Morgan fingerprint density at radius 3 is 2.70 bits per heavy atom. The maximum Gasteiger partial charge on any atom is 0.274 e. The zero-order valence-corrected chi connectivity index (χ0v) is 18.3. The fraction of sp³-hybridized carbons (Fsp3) is 0.0800. The normalized spacial score (nSPS) is 10.9. The van der Waals surface area contributed by atoms with Crippen LogP contribution >= 0.6 is 11.6 Å². The van der Waals surface area contributed by atoms with Crippen LogP contribution in [-0.4, -0.2) is 25.5 Å². The molecule has 0 radical (unpaired) electrons. The second kappa shape index (κ2) is 9.18. The number of ether oxygens (including phenoxy) is 1. The number of anilines is 1. The monoisotopic (exact) mass is 457 g/mol. The number of fused-ring (bicyclic) bond motifs is 1. The van der Waals surface area contributed by atoms with E-state index >= 15 is 0 Å². The van der Waals surface area contributed by atoms with Gasteiger partial charge in [-0.05, 0) is 34.5 Å². The number of hydrogen-bond acceptors (Lipinski definition) is 4. The Labute approximate surface area is 195 Å². The third kappa shape index (κ3) is 4.58. The van der Waals surface area contributed by atoms with Crippen LogP contribution in [0.1, 0.15) is 16.1 Å². The topological polar surface area (TPSA) is 74.0 Å². The first-order valence-corrected chi connectivity index (χ1v) is 10.7. The number of halogens is 1. The van der Waals surface area contributed by atoms with Crippen molar-refractivity contribution in [2.24, 2.45) is 0 Å². The number of benzene rings is 3. The number of hydrogen-bond donors (Lipinski definition) is 1. The van der Waals surface area contributed by atoms with E-state index in [0.29, 0.717) is 28.7 Å². The average molecular weight is 458 g/mol. The third-order valence-electron chi connectivity index (χ3n) is 5.23.